The largest absolute Gasteiger partial charge is 0.326 e. The van der Waals surface area contributed by atoms with E-state index in [1.54, 1.807) is 35.6 Å². The molecule has 1 heterocycles. The number of hydrogen-bond donors (Lipinski definition) is 2. The highest BCUT2D eigenvalue weighted by Crippen LogP contribution is 2.19. The number of aryl methyl sites for hydroxylation is 1. The Labute approximate surface area is 130 Å². The monoisotopic (exact) mass is 324 g/mol. The molecule has 2 rings (SSSR count). The molecule has 2 aromatic rings. The summed E-state index contributed by atoms with van der Waals surface area (Å²) in [4.78, 5) is 2.67. The van der Waals surface area contributed by atoms with E-state index < -0.39 is 10.0 Å². The molecule has 1 atom stereocenters. The van der Waals surface area contributed by atoms with Gasteiger partial charge >= 0.3 is 0 Å². The molecule has 0 saturated heterocycles. The van der Waals surface area contributed by atoms with Gasteiger partial charge in [0.15, 0.2) is 0 Å². The number of thiophene rings is 1. The van der Waals surface area contributed by atoms with Crippen LogP contribution in [0.2, 0.25) is 0 Å². The van der Waals surface area contributed by atoms with E-state index in [9.17, 15) is 8.42 Å². The minimum Gasteiger partial charge on any atom is -0.326 e. The molecule has 1 unspecified atom stereocenters. The SMILES string of the molecule is Cc1ccc(CC(C)NS(=O)(=O)c2ccccc2CN)s1. The quantitative estimate of drug-likeness (QED) is 0.857. The molecular weight excluding hydrogens is 304 g/mol. The third kappa shape index (κ3) is 4.14. The molecule has 3 N–H and O–H groups in total. The maximum atomic E-state index is 12.5. The van der Waals surface area contributed by atoms with Crippen LogP contribution in [-0.2, 0) is 23.0 Å². The van der Waals surface area contributed by atoms with Crippen LogP contribution in [0, 0.1) is 6.92 Å². The van der Waals surface area contributed by atoms with Crippen molar-refractivity contribution < 1.29 is 8.42 Å². The van der Waals surface area contributed by atoms with Crippen LogP contribution < -0.4 is 10.5 Å². The van der Waals surface area contributed by atoms with E-state index in [2.05, 4.69) is 4.72 Å². The van der Waals surface area contributed by atoms with Gasteiger partial charge in [-0.2, -0.15) is 0 Å². The molecule has 4 nitrogen and oxygen atoms in total. The van der Waals surface area contributed by atoms with Crippen LogP contribution in [0.4, 0.5) is 0 Å². The van der Waals surface area contributed by atoms with Crippen LogP contribution in [0.15, 0.2) is 41.3 Å². The van der Waals surface area contributed by atoms with E-state index in [0.717, 1.165) is 0 Å². The normalized spacial score (nSPS) is 13.3. The average Bonchev–Trinajstić information content (AvgIpc) is 2.83. The molecule has 0 bridgehead atoms. The third-order valence-corrected chi connectivity index (χ3v) is 5.85. The summed E-state index contributed by atoms with van der Waals surface area (Å²) in [5.41, 5.74) is 6.24. The van der Waals surface area contributed by atoms with Gasteiger partial charge in [0.1, 0.15) is 0 Å². The first-order chi connectivity index (χ1) is 9.92. The third-order valence-electron chi connectivity index (χ3n) is 3.14. The van der Waals surface area contributed by atoms with Gasteiger partial charge in [0.25, 0.3) is 0 Å². The Morgan fingerprint density at radius 3 is 2.57 bits per heavy atom. The molecule has 0 radical (unpaired) electrons. The van der Waals surface area contributed by atoms with Gasteiger partial charge in [0.05, 0.1) is 4.90 Å². The van der Waals surface area contributed by atoms with Gasteiger partial charge < -0.3 is 5.73 Å². The van der Waals surface area contributed by atoms with Crippen LogP contribution in [0.1, 0.15) is 22.2 Å². The van der Waals surface area contributed by atoms with Crippen molar-refractivity contribution in [2.45, 2.75) is 37.8 Å². The van der Waals surface area contributed by atoms with Gasteiger partial charge in [-0.3, -0.25) is 0 Å². The second-order valence-electron chi connectivity index (χ2n) is 5.05. The van der Waals surface area contributed by atoms with Crippen molar-refractivity contribution in [2.75, 3.05) is 0 Å². The van der Waals surface area contributed by atoms with Crippen LogP contribution in [0.5, 0.6) is 0 Å². The van der Waals surface area contributed by atoms with Crippen molar-refractivity contribution in [3.05, 3.63) is 51.7 Å². The number of rotatable bonds is 6. The second kappa shape index (κ2) is 6.70. The van der Waals surface area contributed by atoms with Crippen molar-refractivity contribution >= 4 is 21.4 Å². The molecule has 114 valence electrons. The zero-order chi connectivity index (χ0) is 15.5. The first-order valence-electron chi connectivity index (χ1n) is 6.78. The summed E-state index contributed by atoms with van der Waals surface area (Å²) in [6.07, 6.45) is 0.683. The minimum atomic E-state index is -3.54. The molecule has 21 heavy (non-hydrogen) atoms. The molecule has 0 aliphatic carbocycles. The molecule has 1 aromatic carbocycles. The van der Waals surface area contributed by atoms with Gasteiger partial charge in [-0.1, -0.05) is 18.2 Å². The lowest BCUT2D eigenvalue weighted by Crippen LogP contribution is -2.34. The number of nitrogens with one attached hydrogen (secondary N) is 1. The maximum absolute atomic E-state index is 12.5. The van der Waals surface area contributed by atoms with Gasteiger partial charge in [-0.25, -0.2) is 13.1 Å². The van der Waals surface area contributed by atoms with Crippen molar-refractivity contribution in [3.63, 3.8) is 0 Å². The molecule has 0 aliphatic rings. The Morgan fingerprint density at radius 1 is 1.24 bits per heavy atom. The Bertz CT molecular complexity index is 708. The summed E-state index contributed by atoms with van der Waals surface area (Å²) in [6.45, 7) is 4.12. The zero-order valence-electron chi connectivity index (χ0n) is 12.2. The standard InChI is InChI=1S/C15H20N2O2S2/c1-11(9-14-8-7-12(2)20-14)17-21(18,19)15-6-4-3-5-13(15)10-16/h3-8,11,17H,9-10,16H2,1-2H3. The highest BCUT2D eigenvalue weighted by molar-refractivity contribution is 7.89. The van der Waals surface area contributed by atoms with Crippen molar-refractivity contribution in [1.82, 2.24) is 4.72 Å². The molecule has 0 aliphatic heterocycles. The first-order valence-corrected chi connectivity index (χ1v) is 9.08. The van der Waals surface area contributed by atoms with Crippen LogP contribution >= 0.6 is 11.3 Å². The summed E-state index contributed by atoms with van der Waals surface area (Å²) in [7, 11) is -3.54. The summed E-state index contributed by atoms with van der Waals surface area (Å²) in [5, 5.41) is 0. The molecule has 0 fully saturated rings. The predicted molar refractivity (Wildman–Crippen MR) is 86.9 cm³/mol. The van der Waals surface area contributed by atoms with Crippen molar-refractivity contribution in [3.8, 4) is 0 Å². The highest BCUT2D eigenvalue weighted by Gasteiger charge is 2.20. The summed E-state index contributed by atoms with van der Waals surface area (Å²) in [6, 6.07) is 10.7. The Kier molecular flexibility index (Phi) is 5.16. The van der Waals surface area contributed by atoms with Crippen molar-refractivity contribution in [1.29, 1.82) is 0 Å². The fourth-order valence-electron chi connectivity index (χ4n) is 2.20. The van der Waals surface area contributed by atoms with Gasteiger partial charge in [0.2, 0.25) is 10.0 Å². The number of sulfonamides is 1. The fourth-order valence-corrected chi connectivity index (χ4v) is 4.71. The van der Waals surface area contributed by atoms with Crippen LogP contribution in [-0.4, -0.2) is 14.5 Å². The summed E-state index contributed by atoms with van der Waals surface area (Å²) in [5.74, 6) is 0. The predicted octanol–water partition coefficient (Wildman–Crippen LogP) is 2.42. The maximum Gasteiger partial charge on any atom is 0.241 e. The molecule has 0 saturated carbocycles. The number of benzene rings is 1. The molecule has 0 spiro atoms. The lowest BCUT2D eigenvalue weighted by atomic mass is 10.2. The lowest BCUT2D eigenvalue weighted by Gasteiger charge is -2.15. The van der Waals surface area contributed by atoms with Gasteiger partial charge in [-0.15, -0.1) is 11.3 Å². The zero-order valence-corrected chi connectivity index (χ0v) is 13.8. The minimum absolute atomic E-state index is 0.168. The van der Waals surface area contributed by atoms with Crippen LogP contribution in [0.3, 0.4) is 0 Å². The van der Waals surface area contributed by atoms with E-state index in [0.29, 0.717) is 12.0 Å². The average molecular weight is 324 g/mol. The van der Waals surface area contributed by atoms with Crippen molar-refractivity contribution in [2.24, 2.45) is 5.73 Å². The summed E-state index contributed by atoms with van der Waals surface area (Å²) >= 11 is 1.69. The van der Waals surface area contributed by atoms with Crippen LogP contribution in [0.25, 0.3) is 0 Å². The van der Waals surface area contributed by atoms with Gasteiger partial charge in [0, 0.05) is 22.3 Å². The first kappa shape index (κ1) is 16.2. The topological polar surface area (TPSA) is 72.2 Å². The lowest BCUT2D eigenvalue weighted by molar-refractivity contribution is 0.559. The number of hydrogen-bond acceptors (Lipinski definition) is 4. The van der Waals surface area contributed by atoms with Gasteiger partial charge in [-0.05, 0) is 44.0 Å². The van der Waals surface area contributed by atoms with E-state index in [1.165, 1.54) is 9.75 Å². The molecular formula is C15H20N2O2S2. The Hall–Kier alpha value is -1.21. The summed E-state index contributed by atoms with van der Waals surface area (Å²) < 4.78 is 27.6. The highest BCUT2D eigenvalue weighted by atomic mass is 32.2. The van der Waals surface area contributed by atoms with E-state index in [4.69, 9.17) is 5.73 Å². The van der Waals surface area contributed by atoms with E-state index >= 15 is 0 Å². The smallest absolute Gasteiger partial charge is 0.241 e. The Balaban J connectivity index is 2.13. The second-order valence-corrected chi connectivity index (χ2v) is 8.11. The Morgan fingerprint density at radius 2 is 1.95 bits per heavy atom. The molecule has 6 heteroatoms. The van der Waals surface area contributed by atoms with E-state index in [-0.39, 0.29) is 17.5 Å². The molecule has 1 aromatic heterocycles. The number of nitrogens with two attached hydrogens (primary N) is 1. The fraction of sp³-hybridized carbons (Fsp3) is 0.333. The van der Waals surface area contributed by atoms with E-state index in [1.807, 2.05) is 26.0 Å². The molecule has 0 amide bonds.